The number of hydrogen-bond donors (Lipinski definition) is 2. The molecule has 3 amide bonds. The van der Waals surface area contributed by atoms with Crippen LogP contribution in [0.25, 0.3) is 0 Å². The molecule has 0 bridgehead atoms. The third kappa shape index (κ3) is 5.68. The number of anilines is 2. The number of carbonyl (C=O) groups is 2. The van der Waals surface area contributed by atoms with Crippen molar-refractivity contribution < 1.29 is 23.1 Å². The quantitative estimate of drug-likeness (QED) is 0.735. The van der Waals surface area contributed by atoms with Crippen LogP contribution >= 0.6 is 0 Å². The van der Waals surface area contributed by atoms with Gasteiger partial charge in [-0.05, 0) is 56.0 Å². The van der Waals surface area contributed by atoms with Crippen molar-refractivity contribution in [2.75, 3.05) is 23.7 Å². The normalized spacial score (nSPS) is 14.5. The van der Waals surface area contributed by atoms with Gasteiger partial charge in [0.25, 0.3) is 0 Å². The summed E-state index contributed by atoms with van der Waals surface area (Å²) in [5, 5.41) is 5.63. The van der Waals surface area contributed by atoms with Gasteiger partial charge >= 0.3 is 12.6 Å². The minimum atomic E-state index is -2.93. The fourth-order valence-electron chi connectivity index (χ4n) is 3.42. The monoisotopic (exact) mass is 417 g/mol. The summed E-state index contributed by atoms with van der Waals surface area (Å²) in [5.74, 6) is -0.417. The second-order valence-corrected chi connectivity index (χ2v) is 7.41. The average Bonchev–Trinajstić information content (AvgIpc) is 2.70. The van der Waals surface area contributed by atoms with E-state index in [2.05, 4.69) is 15.4 Å². The van der Waals surface area contributed by atoms with Crippen molar-refractivity contribution in [3.63, 3.8) is 0 Å². The zero-order valence-electron chi connectivity index (χ0n) is 17.0. The topological polar surface area (TPSA) is 70.7 Å². The van der Waals surface area contributed by atoms with Gasteiger partial charge in [0.2, 0.25) is 5.91 Å². The van der Waals surface area contributed by atoms with E-state index in [0.29, 0.717) is 37.2 Å². The van der Waals surface area contributed by atoms with Gasteiger partial charge < -0.3 is 20.3 Å². The molecule has 1 saturated heterocycles. The maximum absolute atomic E-state index is 12.6. The van der Waals surface area contributed by atoms with Crippen LogP contribution < -0.4 is 15.4 Å². The molecule has 0 radical (unpaired) electrons. The van der Waals surface area contributed by atoms with Gasteiger partial charge in [-0.1, -0.05) is 18.2 Å². The van der Waals surface area contributed by atoms with E-state index >= 15 is 0 Å². The van der Waals surface area contributed by atoms with Crippen molar-refractivity contribution in [2.45, 2.75) is 33.3 Å². The Morgan fingerprint density at radius 1 is 1.03 bits per heavy atom. The van der Waals surface area contributed by atoms with Crippen molar-refractivity contribution >= 4 is 23.3 Å². The van der Waals surface area contributed by atoms with Gasteiger partial charge in [0, 0.05) is 36.4 Å². The van der Waals surface area contributed by atoms with Crippen molar-refractivity contribution in [3.8, 4) is 5.75 Å². The molecular weight excluding hydrogens is 392 g/mol. The molecule has 0 saturated carbocycles. The number of benzene rings is 2. The van der Waals surface area contributed by atoms with Crippen molar-refractivity contribution in [2.24, 2.45) is 5.92 Å². The Balaban J connectivity index is 1.52. The summed E-state index contributed by atoms with van der Waals surface area (Å²) in [6, 6.07) is 12.0. The van der Waals surface area contributed by atoms with E-state index in [1.165, 1.54) is 6.07 Å². The number of rotatable bonds is 5. The van der Waals surface area contributed by atoms with Crippen LogP contribution in [0.5, 0.6) is 5.75 Å². The lowest BCUT2D eigenvalue weighted by Gasteiger charge is -2.31. The molecule has 2 aromatic rings. The number of alkyl halides is 2. The molecular formula is C22H25F2N3O3. The molecule has 0 spiro atoms. The molecule has 1 aliphatic heterocycles. The van der Waals surface area contributed by atoms with E-state index in [4.69, 9.17) is 0 Å². The Kier molecular flexibility index (Phi) is 6.87. The highest BCUT2D eigenvalue weighted by molar-refractivity contribution is 5.93. The first-order valence-corrected chi connectivity index (χ1v) is 9.81. The molecule has 8 heteroatoms. The van der Waals surface area contributed by atoms with Crippen LogP contribution in [-0.2, 0) is 4.79 Å². The Hall–Kier alpha value is -3.16. The van der Waals surface area contributed by atoms with Gasteiger partial charge in [-0.3, -0.25) is 4.79 Å². The molecule has 2 N–H and O–H groups in total. The number of halogens is 2. The third-order valence-electron chi connectivity index (χ3n) is 5.09. The summed E-state index contributed by atoms with van der Waals surface area (Å²) in [5.41, 5.74) is 2.75. The van der Waals surface area contributed by atoms with Gasteiger partial charge in [0.15, 0.2) is 0 Å². The molecule has 160 valence electrons. The first kappa shape index (κ1) is 21.5. The summed E-state index contributed by atoms with van der Waals surface area (Å²) in [4.78, 5) is 26.7. The third-order valence-corrected chi connectivity index (χ3v) is 5.09. The van der Waals surface area contributed by atoms with Gasteiger partial charge in [0.05, 0.1) is 0 Å². The summed E-state index contributed by atoms with van der Waals surface area (Å²) in [7, 11) is 0. The van der Waals surface area contributed by atoms with Crippen LogP contribution in [0, 0.1) is 19.8 Å². The molecule has 1 heterocycles. The zero-order chi connectivity index (χ0) is 21.7. The summed E-state index contributed by atoms with van der Waals surface area (Å²) in [6.07, 6.45) is 1.05. The van der Waals surface area contributed by atoms with Gasteiger partial charge in [-0.2, -0.15) is 8.78 Å². The summed E-state index contributed by atoms with van der Waals surface area (Å²) in [6.45, 7) is 1.61. The van der Waals surface area contributed by atoms with Gasteiger partial charge in [0.1, 0.15) is 5.75 Å². The van der Waals surface area contributed by atoms with Crippen LogP contribution in [0.2, 0.25) is 0 Å². The van der Waals surface area contributed by atoms with E-state index < -0.39 is 6.61 Å². The lowest BCUT2D eigenvalue weighted by Crippen LogP contribution is -2.43. The fraction of sp³-hybridized carbons (Fsp3) is 0.364. The molecule has 1 fully saturated rings. The van der Waals surface area contributed by atoms with E-state index in [-0.39, 0.29) is 23.6 Å². The van der Waals surface area contributed by atoms with Crippen LogP contribution in [-0.4, -0.2) is 36.5 Å². The Morgan fingerprint density at radius 2 is 1.73 bits per heavy atom. The number of piperidine rings is 1. The number of aryl methyl sites for hydroxylation is 2. The lowest BCUT2D eigenvalue weighted by atomic mass is 9.96. The number of hydrogen-bond acceptors (Lipinski definition) is 3. The molecule has 2 aromatic carbocycles. The van der Waals surface area contributed by atoms with Gasteiger partial charge in [-0.15, -0.1) is 0 Å². The highest BCUT2D eigenvalue weighted by Gasteiger charge is 2.27. The number of urea groups is 1. The second-order valence-electron chi connectivity index (χ2n) is 7.41. The van der Waals surface area contributed by atoms with Crippen LogP contribution in [0.1, 0.15) is 24.0 Å². The average molecular weight is 417 g/mol. The smallest absolute Gasteiger partial charge is 0.387 e. The van der Waals surface area contributed by atoms with Gasteiger partial charge in [-0.25, -0.2) is 4.79 Å². The molecule has 6 nitrogen and oxygen atoms in total. The number of likely N-dealkylation sites (tertiary alicyclic amines) is 1. The maximum Gasteiger partial charge on any atom is 0.387 e. The maximum atomic E-state index is 12.6. The predicted octanol–water partition coefficient (Wildman–Crippen LogP) is 4.79. The minimum absolute atomic E-state index is 0.0328. The van der Waals surface area contributed by atoms with Crippen molar-refractivity contribution in [3.05, 3.63) is 53.6 Å². The highest BCUT2D eigenvalue weighted by atomic mass is 19.3. The molecule has 0 aromatic heterocycles. The van der Waals surface area contributed by atoms with Crippen LogP contribution in [0.3, 0.4) is 0 Å². The first-order chi connectivity index (χ1) is 14.3. The SMILES string of the molecule is Cc1cccc(NC(=O)N2CCC(C(=O)Nc3ccc(C)c(OC(F)F)c3)CC2)c1. The standard InChI is InChI=1S/C22H25F2N3O3/c1-14-4-3-5-17(12-14)26-22(29)27-10-8-16(9-11-27)20(28)25-18-7-6-15(2)19(13-18)30-21(23)24/h3-7,12-13,16,21H,8-11H2,1-2H3,(H,25,28)(H,26,29). The first-order valence-electron chi connectivity index (χ1n) is 9.81. The molecule has 0 aliphatic carbocycles. The molecule has 0 atom stereocenters. The number of carbonyl (C=O) groups excluding carboxylic acids is 2. The van der Waals surface area contributed by atoms with Crippen LogP contribution in [0.15, 0.2) is 42.5 Å². The molecule has 1 aliphatic rings. The lowest BCUT2D eigenvalue weighted by molar-refractivity contribution is -0.121. The number of amides is 3. The fourth-order valence-corrected chi connectivity index (χ4v) is 3.42. The van der Waals surface area contributed by atoms with E-state index in [9.17, 15) is 18.4 Å². The summed E-state index contributed by atoms with van der Waals surface area (Å²) >= 11 is 0. The molecule has 30 heavy (non-hydrogen) atoms. The van der Waals surface area contributed by atoms with E-state index in [1.54, 1.807) is 24.0 Å². The largest absolute Gasteiger partial charge is 0.434 e. The van der Waals surface area contributed by atoms with E-state index in [1.807, 2.05) is 31.2 Å². The Labute approximate surface area is 174 Å². The summed E-state index contributed by atoms with van der Waals surface area (Å²) < 4.78 is 29.5. The minimum Gasteiger partial charge on any atom is -0.434 e. The van der Waals surface area contributed by atoms with Crippen molar-refractivity contribution in [1.82, 2.24) is 4.90 Å². The number of nitrogens with zero attached hydrogens (tertiary/aromatic N) is 1. The molecule has 3 rings (SSSR count). The highest BCUT2D eigenvalue weighted by Crippen LogP contribution is 2.26. The zero-order valence-corrected chi connectivity index (χ0v) is 17.0. The number of nitrogens with one attached hydrogen (secondary N) is 2. The second kappa shape index (κ2) is 9.56. The van der Waals surface area contributed by atoms with Crippen LogP contribution in [0.4, 0.5) is 25.0 Å². The Bertz CT molecular complexity index is 912. The number of ether oxygens (including phenoxy) is 1. The Morgan fingerprint density at radius 3 is 2.40 bits per heavy atom. The predicted molar refractivity (Wildman–Crippen MR) is 111 cm³/mol. The molecule has 0 unspecified atom stereocenters. The van der Waals surface area contributed by atoms with Crippen molar-refractivity contribution in [1.29, 1.82) is 0 Å². The van der Waals surface area contributed by atoms with E-state index in [0.717, 1.165) is 11.3 Å².